The molecule has 5 atom stereocenters. The molecule has 2 rings (SSSR count). The summed E-state index contributed by atoms with van der Waals surface area (Å²) in [5.41, 5.74) is 0. The molecular weight excluding hydrogens is 214 g/mol. The Morgan fingerprint density at radius 3 is 2.65 bits per heavy atom. The maximum absolute atomic E-state index is 11.9. The van der Waals surface area contributed by atoms with E-state index in [1.807, 2.05) is 13.8 Å². The second-order valence-corrected chi connectivity index (χ2v) is 6.16. The van der Waals surface area contributed by atoms with Gasteiger partial charge in [-0.2, -0.15) is 0 Å². The zero-order valence-electron chi connectivity index (χ0n) is 11.0. The van der Waals surface area contributed by atoms with Gasteiger partial charge >= 0.3 is 0 Å². The fourth-order valence-electron chi connectivity index (χ4n) is 3.48. The lowest BCUT2D eigenvalue weighted by Crippen LogP contribution is -2.39. The highest BCUT2D eigenvalue weighted by atomic mass is 16.3. The first-order valence-electron chi connectivity index (χ1n) is 7.00. The van der Waals surface area contributed by atoms with Crippen LogP contribution >= 0.6 is 0 Å². The summed E-state index contributed by atoms with van der Waals surface area (Å²) in [5.74, 6) is 2.67. The Kier molecular flexibility index (Phi) is 4.08. The fraction of sp³-hybridized carbons (Fsp3) is 0.929. The van der Waals surface area contributed by atoms with Gasteiger partial charge in [0.05, 0.1) is 0 Å². The summed E-state index contributed by atoms with van der Waals surface area (Å²) < 4.78 is 0. The van der Waals surface area contributed by atoms with Crippen molar-refractivity contribution in [3.05, 3.63) is 0 Å². The molecule has 0 aromatic rings. The van der Waals surface area contributed by atoms with Gasteiger partial charge in [0.25, 0.3) is 0 Å². The average molecular weight is 239 g/mol. The van der Waals surface area contributed by atoms with Crippen LogP contribution in [0.1, 0.15) is 46.0 Å². The van der Waals surface area contributed by atoms with E-state index >= 15 is 0 Å². The molecule has 3 nitrogen and oxygen atoms in total. The lowest BCUT2D eigenvalue weighted by Gasteiger charge is -2.24. The van der Waals surface area contributed by atoms with Crippen LogP contribution in [0.4, 0.5) is 0 Å². The quantitative estimate of drug-likeness (QED) is 0.770. The molecule has 2 aliphatic rings. The minimum atomic E-state index is 0.0751. The van der Waals surface area contributed by atoms with Crippen LogP contribution in [0.25, 0.3) is 0 Å². The number of hydrogen-bond acceptors (Lipinski definition) is 2. The second-order valence-electron chi connectivity index (χ2n) is 6.16. The molecular formula is C14H25NO2. The Bertz CT molecular complexity index is 279. The van der Waals surface area contributed by atoms with E-state index in [-0.39, 0.29) is 24.5 Å². The first kappa shape index (κ1) is 12.9. The van der Waals surface area contributed by atoms with Crippen LogP contribution in [0, 0.1) is 23.7 Å². The molecule has 17 heavy (non-hydrogen) atoms. The van der Waals surface area contributed by atoms with Crippen molar-refractivity contribution < 1.29 is 9.90 Å². The van der Waals surface area contributed by atoms with Gasteiger partial charge in [-0.05, 0) is 49.9 Å². The summed E-state index contributed by atoms with van der Waals surface area (Å²) in [6, 6.07) is 0.0751. The Morgan fingerprint density at radius 1 is 1.35 bits per heavy atom. The molecule has 3 heteroatoms. The van der Waals surface area contributed by atoms with Gasteiger partial charge in [0.1, 0.15) is 0 Å². The lowest BCUT2D eigenvalue weighted by atomic mass is 9.86. The van der Waals surface area contributed by atoms with E-state index in [4.69, 9.17) is 5.11 Å². The van der Waals surface area contributed by atoms with E-state index in [1.54, 1.807) is 0 Å². The Morgan fingerprint density at radius 2 is 2.12 bits per heavy atom. The molecule has 0 aliphatic heterocycles. The lowest BCUT2D eigenvalue weighted by molar-refractivity contribution is -0.123. The van der Waals surface area contributed by atoms with Crippen LogP contribution in [0.2, 0.25) is 0 Å². The number of hydrogen-bond donors (Lipinski definition) is 2. The van der Waals surface area contributed by atoms with Gasteiger partial charge in [-0.1, -0.05) is 13.3 Å². The molecule has 0 saturated heterocycles. The van der Waals surface area contributed by atoms with Crippen LogP contribution in [0.3, 0.4) is 0 Å². The topological polar surface area (TPSA) is 49.3 Å². The molecule has 5 unspecified atom stereocenters. The molecule has 98 valence electrons. The van der Waals surface area contributed by atoms with E-state index in [2.05, 4.69) is 5.32 Å². The van der Waals surface area contributed by atoms with Crippen LogP contribution in [-0.4, -0.2) is 23.7 Å². The standard InChI is InChI=1S/C14H25NO2/c1-9(8-16)10(2)15-14(17)7-13-6-11-3-4-12(13)5-11/h9-13,16H,3-8H2,1-2H3,(H,15,17). The summed E-state index contributed by atoms with van der Waals surface area (Å²) in [6.45, 7) is 4.07. The zero-order valence-corrected chi connectivity index (χ0v) is 11.0. The van der Waals surface area contributed by atoms with Gasteiger partial charge in [-0.25, -0.2) is 0 Å². The maximum Gasteiger partial charge on any atom is 0.220 e. The number of carbonyl (C=O) groups excluding carboxylic acids is 1. The predicted molar refractivity (Wildman–Crippen MR) is 67.4 cm³/mol. The largest absolute Gasteiger partial charge is 0.396 e. The highest BCUT2D eigenvalue weighted by Crippen LogP contribution is 2.49. The summed E-state index contributed by atoms with van der Waals surface area (Å²) >= 11 is 0. The molecule has 2 bridgehead atoms. The summed E-state index contributed by atoms with van der Waals surface area (Å²) in [4.78, 5) is 11.9. The monoisotopic (exact) mass is 239 g/mol. The number of rotatable bonds is 5. The van der Waals surface area contributed by atoms with Crippen molar-refractivity contribution >= 4 is 5.91 Å². The van der Waals surface area contributed by atoms with Gasteiger partial charge < -0.3 is 10.4 Å². The number of fused-ring (bicyclic) bond motifs is 2. The maximum atomic E-state index is 11.9. The summed E-state index contributed by atoms with van der Waals surface area (Å²) in [7, 11) is 0. The van der Waals surface area contributed by atoms with Crippen molar-refractivity contribution in [1.29, 1.82) is 0 Å². The van der Waals surface area contributed by atoms with Crippen LogP contribution in [0.15, 0.2) is 0 Å². The van der Waals surface area contributed by atoms with Crippen LogP contribution in [0.5, 0.6) is 0 Å². The molecule has 2 aliphatic carbocycles. The van der Waals surface area contributed by atoms with Crippen LogP contribution < -0.4 is 5.32 Å². The Labute approximate surface area is 104 Å². The molecule has 2 fully saturated rings. The van der Waals surface area contributed by atoms with Crippen molar-refractivity contribution in [1.82, 2.24) is 5.32 Å². The number of amides is 1. The van der Waals surface area contributed by atoms with Crippen LogP contribution in [-0.2, 0) is 4.79 Å². The zero-order chi connectivity index (χ0) is 12.4. The van der Waals surface area contributed by atoms with E-state index in [0.29, 0.717) is 12.3 Å². The minimum Gasteiger partial charge on any atom is -0.396 e. The molecule has 0 radical (unpaired) electrons. The summed E-state index contributed by atoms with van der Waals surface area (Å²) in [6.07, 6.45) is 6.05. The number of carbonyl (C=O) groups is 1. The Balaban J connectivity index is 1.74. The smallest absolute Gasteiger partial charge is 0.220 e. The van der Waals surface area contributed by atoms with Gasteiger partial charge in [0.15, 0.2) is 0 Å². The van der Waals surface area contributed by atoms with Crippen molar-refractivity contribution in [3.8, 4) is 0 Å². The van der Waals surface area contributed by atoms with Gasteiger partial charge in [-0.15, -0.1) is 0 Å². The molecule has 0 heterocycles. The predicted octanol–water partition coefficient (Wildman–Crippen LogP) is 1.95. The third kappa shape index (κ3) is 3.01. The van der Waals surface area contributed by atoms with Crippen molar-refractivity contribution in [2.75, 3.05) is 6.61 Å². The average Bonchev–Trinajstić information content (AvgIpc) is 2.89. The van der Waals surface area contributed by atoms with Crippen molar-refractivity contribution in [3.63, 3.8) is 0 Å². The van der Waals surface area contributed by atoms with E-state index < -0.39 is 0 Å². The van der Waals surface area contributed by atoms with Crippen molar-refractivity contribution in [2.24, 2.45) is 23.7 Å². The number of aliphatic hydroxyl groups is 1. The molecule has 2 N–H and O–H groups in total. The molecule has 2 saturated carbocycles. The Hall–Kier alpha value is -0.570. The molecule has 0 aromatic carbocycles. The van der Waals surface area contributed by atoms with E-state index in [0.717, 1.165) is 11.8 Å². The summed E-state index contributed by atoms with van der Waals surface area (Å²) in [5, 5.41) is 12.1. The van der Waals surface area contributed by atoms with E-state index in [1.165, 1.54) is 25.7 Å². The minimum absolute atomic E-state index is 0.0751. The highest BCUT2D eigenvalue weighted by molar-refractivity contribution is 5.76. The third-order valence-corrected chi connectivity index (χ3v) is 4.86. The van der Waals surface area contributed by atoms with Gasteiger partial charge in [-0.3, -0.25) is 4.79 Å². The number of aliphatic hydroxyl groups excluding tert-OH is 1. The first-order valence-corrected chi connectivity index (χ1v) is 7.00. The molecule has 0 spiro atoms. The normalized spacial score (nSPS) is 34.6. The van der Waals surface area contributed by atoms with E-state index in [9.17, 15) is 4.79 Å². The highest BCUT2D eigenvalue weighted by Gasteiger charge is 2.40. The molecule has 0 aromatic heterocycles. The van der Waals surface area contributed by atoms with Gasteiger partial charge in [0, 0.05) is 19.1 Å². The van der Waals surface area contributed by atoms with Gasteiger partial charge in [0.2, 0.25) is 5.91 Å². The second kappa shape index (κ2) is 5.38. The SMILES string of the molecule is CC(CO)C(C)NC(=O)CC1CC2CCC1C2. The third-order valence-electron chi connectivity index (χ3n) is 4.86. The first-order chi connectivity index (χ1) is 8.10. The van der Waals surface area contributed by atoms with Crippen molar-refractivity contribution in [2.45, 2.75) is 52.0 Å². The fourth-order valence-corrected chi connectivity index (χ4v) is 3.48. The number of nitrogens with one attached hydrogen (secondary N) is 1. The molecule has 1 amide bonds.